The number of primary amides is 1. The van der Waals surface area contributed by atoms with Crippen LogP contribution in [0.3, 0.4) is 0 Å². The van der Waals surface area contributed by atoms with Gasteiger partial charge < -0.3 is 15.2 Å². The molecule has 9 heteroatoms. The summed E-state index contributed by atoms with van der Waals surface area (Å²) in [5.41, 5.74) is 3.50. The first kappa shape index (κ1) is 20.3. The van der Waals surface area contributed by atoms with E-state index in [0.717, 1.165) is 38.8 Å². The second-order valence-electron chi connectivity index (χ2n) is 7.49. The van der Waals surface area contributed by atoms with Crippen LogP contribution in [0.4, 0.5) is 0 Å². The Morgan fingerprint density at radius 1 is 1.33 bits per heavy atom. The number of carbonyl (C=O) groups is 1. The molecule has 1 aliphatic heterocycles. The number of rotatable bonds is 8. The highest BCUT2D eigenvalue weighted by Crippen LogP contribution is 2.59. The predicted octanol–water partition coefficient (Wildman–Crippen LogP) is 0.326. The standard InChI is InChI=1S/C18H29N3O5S/c1-20-27(23,24)14-10-15(25-2)18(26-3,12-21-8-4-5-9-21)17(11-14,16(19)22)13-6-7-13/h10-11,13,20H,4-9,12H2,1-3H3,(H2,19,22). The van der Waals surface area contributed by atoms with Crippen molar-refractivity contribution in [1.29, 1.82) is 0 Å². The molecule has 3 aliphatic rings. The lowest BCUT2D eigenvalue weighted by atomic mass is 9.63. The van der Waals surface area contributed by atoms with Crippen molar-refractivity contribution in [2.24, 2.45) is 17.1 Å². The Morgan fingerprint density at radius 3 is 2.41 bits per heavy atom. The summed E-state index contributed by atoms with van der Waals surface area (Å²) in [6, 6.07) is 0. The average Bonchev–Trinajstić information content (AvgIpc) is 3.38. The number of amides is 1. The zero-order valence-electron chi connectivity index (χ0n) is 16.2. The van der Waals surface area contributed by atoms with Gasteiger partial charge in [0.2, 0.25) is 15.9 Å². The van der Waals surface area contributed by atoms with Crippen LogP contribution in [0, 0.1) is 11.3 Å². The molecule has 2 fully saturated rings. The Labute approximate surface area is 160 Å². The molecule has 0 bridgehead atoms. The maximum atomic E-state index is 12.9. The minimum Gasteiger partial charge on any atom is -0.498 e. The van der Waals surface area contributed by atoms with Crippen molar-refractivity contribution < 1.29 is 22.7 Å². The summed E-state index contributed by atoms with van der Waals surface area (Å²) in [6.45, 7) is 2.21. The van der Waals surface area contributed by atoms with Gasteiger partial charge in [-0.3, -0.25) is 9.69 Å². The van der Waals surface area contributed by atoms with E-state index in [4.69, 9.17) is 15.2 Å². The lowest BCUT2D eigenvalue weighted by molar-refractivity contribution is -0.154. The zero-order valence-corrected chi connectivity index (χ0v) is 17.0. The minimum atomic E-state index is -3.78. The number of methoxy groups -OCH3 is 2. The molecule has 8 nitrogen and oxygen atoms in total. The summed E-state index contributed by atoms with van der Waals surface area (Å²) in [6.07, 6.45) is 6.68. The smallest absolute Gasteiger partial charge is 0.240 e. The number of sulfonamides is 1. The van der Waals surface area contributed by atoms with E-state index in [-0.39, 0.29) is 10.8 Å². The van der Waals surface area contributed by atoms with Crippen LogP contribution in [-0.4, -0.2) is 65.7 Å². The molecule has 0 spiro atoms. The fourth-order valence-corrected chi connectivity index (χ4v) is 5.42. The van der Waals surface area contributed by atoms with Crippen molar-refractivity contribution in [3.63, 3.8) is 0 Å². The third-order valence-corrected chi connectivity index (χ3v) is 7.52. The molecule has 0 aromatic rings. The van der Waals surface area contributed by atoms with Crippen molar-refractivity contribution in [3.8, 4) is 0 Å². The molecule has 3 N–H and O–H groups in total. The molecule has 3 rings (SSSR count). The molecule has 152 valence electrons. The maximum absolute atomic E-state index is 12.9. The Kier molecular flexibility index (Phi) is 5.42. The number of hydrogen-bond acceptors (Lipinski definition) is 6. The molecule has 1 heterocycles. The number of nitrogens with one attached hydrogen (secondary N) is 1. The normalized spacial score (nSPS) is 32.1. The molecule has 27 heavy (non-hydrogen) atoms. The highest BCUT2D eigenvalue weighted by atomic mass is 32.2. The average molecular weight is 400 g/mol. The summed E-state index contributed by atoms with van der Waals surface area (Å²) in [4.78, 5) is 15.1. The van der Waals surface area contributed by atoms with Crippen LogP contribution in [0.25, 0.3) is 0 Å². The summed E-state index contributed by atoms with van der Waals surface area (Å²) < 4.78 is 39.0. The van der Waals surface area contributed by atoms with Gasteiger partial charge in [-0.1, -0.05) is 0 Å². The van der Waals surface area contributed by atoms with E-state index >= 15 is 0 Å². The molecule has 1 amide bonds. The lowest BCUT2D eigenvalue weighted by Gasteiger charge is -2.50. The highest BCUT2D eigenvalue weighted by Gasteiger charge is 2.66. The Bertz CT molecular complexity index is 768. The van der Waals surface area contributed by atoms with Crippen LogP contribution in [-0.2, 0) is 24.3 Å². The molecule has 2 aliphatic carbocycles. The van der Waals surface area contributed by atoms with Gasteiger partial charge in [-0.15, -0.1) is 0 Å². The van der Waals surface area contributed by atoms with Crippen LogP contribution in [0.15, 0.2) is 22.8 Å². The first-order valence-corrected chi connectivity index (χ1v) is 10.8. The molecular formula is C18H29N3O5S. The van der Waals surface area contributed by atoms with Gasteiger partial charge in [-0.25, -0.2) is 13.1 Å². The highest BCUT2D eigenvalue weighted by molar-refractivity contribution is 7.93. The number of likely N-dealkylation sites (tertiary alicyclic amines) is 1. The molecule has 0 radical (unpaired) electrons. The van der Waals surface area contributed by atoms with E-state index in [1.807, 2.05) is 0 Å². The van der Waals surface area contributed by atoms with Crippen LogP contribution in [0.5, 0.6) is 0 Å². The third-order valence-electron chi connectivity index (χ3n) is 6.13. The molecular weight excluding hydrogens is 370 g/mol. The van der Waals surface area contributed by atoms with Crippen molar-refractivity contribution in [3.05, 3.63) is 22.8 Å². The predicted molar refractivity (Wildman–Crippen MR) is 101 cm³/mol. The first-order valence-electron chi connectivity index (χ1n) is 9.27. The number of nitrogens with zero attached hydrogens (tertiary/aromatic N) is 1. The zero-order chi connectivity index (χ0) is 19.9. The van der Waals surface area contributed by atoms with Crippen molar-refractivity contribution in [2.75, 3.05) is 40.9 Å². The quantitative estimate of drug-likeness (QED) is 0.608. The molecule has 2 unspecified atom stereocenters. The van der Waals surface area contributed by atoms with Gasteiger partial charge in [0, 0.05) is 13.7 Å². The third kappa shape index (κ3) is 3.10. The SMILES string of the molecule is CNS(=O)(=O)C1=CC(C(N)=O)(C2CC2)C(CN2CCCC2)(OC)C(OC)=C1. The van der Waals surface area contributed by atoms with E-state index in [0.29, 0.717) is 12.3 Å². The Hall–Kier alpha value is -1.42. The van der Waals surface area contributed by atoms with Crippen molar-refractivity contribution in [1.82, 2.24) is 9.62 Å². The van der Waals surface area contributed by atoms with E-state index in [1.54, 1.807) is 0 Å². The summed E-state index contributed by atoms with van der Waals surface area (Å²) in [7, 11) is 0.558. The molecule has 2 atom stereocenters. The second kappa shape index (κ2) is 7.20. The van der Waals surface area contributed by atoms with Crippen molar-refractivity contribution in [2.45, 2.75) is 31.3 Å². The van der Waals surface area contributed by atoms with Gasteiger partial charge in [0.1, 0.15) is 11.2 Å². The van der Waals surface area contributed by atoms with Crippen molar-refractivity contribution >= 4 is 15.9 Å². The van der Waals surface area contributed by atoms with Gasteiger partial charge in [-0.05, 0) is 63.9 Å². The first-order chi connectivity index (χ1) is 12.8. The summed E-state index contributed by atoms with van der Waals surface area (Å²) in [5.74, 6) is -0.352. The van der Waals surface area contributed by atoms with E-state index in [1.165, 1.54) is 33.4 Å². The van der Waals surface area contributed by atoms with Crippen LogP contribution < -0.4 is 10.5 Å². The molecule has 0 aromatic heterocycles. The van der Waals surface area contributed by atoms with Crippen LogP contribution in [0.2, 0.25) is 0 Å². The number of ether oxygens (including phenoxy) is 2. The Balaban J connectivity index is 2.22. The van der Waals surface area contributed by atoms with Gasteiger partial charge >= 0.3 is 0 Å². The Morgan fingerprint density at radius 2 is 1.96 bits per heavy atom. The molecule has 1 saturated heterocycles. The topological polar surface area (TPSA) is 111 Å². The molecule has 1 saturated carbocycles. The van der Waals surface area contributed by atoms with Gasteiger partial charge in [-0.2, -0.15) is 0 Å². The minimum absolute atomic E-state index is 0.0124. The van der Waals surface area contributed by atoms with Gasteiger partial charge in [0.05, 0.1) is 12.0 Å². The number of hydrogen-bond donors (Lipinski definition) is 2. The number of nitrogens with two attached hydrogens (primary N) is 1. The van der Waals surface area contributed by atoms with Gasteiger partial charge in [0.15, 0.2) is 5.60 Å². The summed E-state index contributed by atoms with van der Waals surface area (Å²) in [5, 5.41) is 0. The number of carbonyl (C=O) groups excluding carboxylic acids is 1. The molecule has 0 aromatic carbocycles. The lowest BCUT2D eigenvalue weighted by Crippen LogP contribution is -2.64. The van der Waals surface area contributed by atoms with Crippen LogP contribution in [0.1, 0.15) is 25.7 Å². The second-order valence-corrected chi connectivity index (χ2v) is 9.38. The summed E-state index contributed by atoms with van der Waals surface area (Å²) >= 11 is 0. The van der Waals surface area contributed by atoms with Gasteiger partial charge in [0.25, 0.3) is 0 Å². The monoisotopic (exact) mass is 399 g/mol. The largest absolute Gasteiger partial charge is 0.498 e. The fourth-order valence-electron chi connectivity index (χ4n) is 4.59. The van der Waals surface area contributed by atoms with E-state index in [9.17, 15) is 13.2 Å². The fraction of sp³-hybridized carbons (Fsp3) is 0.722. The van der Waals surface area contributed by atoms with Crippen LogP contribution >= 0.6 is 0 Å². The maximum Gasteiger partial charge on any atom is 0.240 e. The van der Waals surface area contributed by atoms with E-state index in [2.05, 4.69) is 9.62 Å². The van der Waals surface area contributed by atoms with E-state index < -0.39 is 26.9 Å². The number of allylic oxidation sites excluding steroid dienone is 1.